The number of halogens is 1. The number of nitrogens with two attached hydrogens (primary N) is 1. The Balaban J connectivity index is 2.29. The lowest BCUT2D eigenvalue weighted by atomic mass is 9.88. The molecule has 0 radical (unpaired) electrons. The molecule has 1 saturated carbocycles. The molecule has 0 saturated heterocycles. The Morgan fingerprint density at radius 2 is 2.24 bits per heavy atom. The molecule has 1 aliphatic rings. The number of hydrazine groups is 1. The topological polar surface area (TPSA) is 47.3 Å². The van der Waals surface area contributed by atoms with Crippen molar-refractivity contribution in [2.45, 2.75) is 44.2 Å². The molecule has 3 nitrogen and oxygen atoms in total. The second-order valence-corrected chi connectivity index (χ2v) is 6.08. The van der Waals surface area contributed by atoms with Crippen molar-refractivity contribution in [3.8, 4) is 0 Å². The van der Waals surface area contributed by atoms with Gasteiger partial charge in [-0.3, -0.25) is 5.84 Å². The predicted octanol–water partition coefficient (Wildman–Crippen LogP) is 3.36. The van der Waals surface area contributed by atoms with Crippen molar-refractivity contribution in [2.24, 2.45) is 5.84 Å². The van der Waals surface area contributed by atoms with Gasteiger partial charge in [-0.2, -0.15) is 11.3 Å². The summed E-state index contributed by atoms with van der Waals surface area (Å²) in [6.45, 7) is 2.79. The molecular weight excluding hydrogens is 300 g/mol. The van der Waals surface area contributed by atoms with E-state index in [2.05, 4.69) is 39.0 Å². The highest BCUT2D eigenvalue weighted by molar-refractivity contribution is 9.10. The third kappa shape index (κ3) is 2.58. The molecule has 1 fully saturated rings. The van der Waals surface area contributed by atoms with Crippen molar-refractivity contribution in [1.29, 1.82) is 0 Å². The van der Waals surface area contributed by atoms with E-state index in [0.717, 1.165) is 23.9 Å². The number of thiophene rings is 1. The van der Waals surface area contributed by atoms with Crippen molar-refractivity contribution in [3.05, 3.63) is 20.8 Å². The normalized spacial score (nSPS) is 20.6. The van der Waals surface area contributed by atoms with E-state index in [1.807, 2.05) is 0 Å². The Bertz CT molecular complexity index is 363. The summed E-state index contributed by atoms with van der Waals surface area (Å²) in [5, 5.41) is 4.24. The fourth-order valence-corrected chi connectivity index (χ4v) is 4.35. The second kappa shape index (κ2) is 5.80. The van der Waals surface area contributed by atoms with Crippen LogP contribution in [-0.2, 0) is 4.74 Å². The van der Waals surface area contributed by atoms with E-state index < -0.39 is 0 Å². The molecule has 1 aliphatic carbocycles. The molecule has 0 amide bonds. The maximum atomic E-state index is 6.06. The smallest absolute Gasteiger partial charge is 0.0889 e. The van der Waals surface area contributed by atoms with Gasteiger partial charge in [0.1, 0.15) is 0 Å². The van der Waals surface area contributed by atoms with Gasteiger partial charge in [-0.15, -0.1) is 0 Å². The van der Waals surface area contributed by atoms with E-state index in [-0.39, 0.29) is 11.6 Å². The van der Waals surface area contributed by atoms with E-state index in [0.29, 0.717) is 0 Å². The minimum absolute atomic E-state index is 0.0746. The first-order valence-electron chi connectivity index (χ1n) is 6.05. The minimum atomic E-state index is -0.132. The zero-order valence-electron chi connectivity index (χ0n) is 10.0. The van der Waals surface area contributed by atoms with E-state index >= 15 is 0 Å². The molecule has 1 heterocycles. The Kier molecular flexibility index (Phi) is 4.60. The van der Waals surface area contributed by atoms with Crippen molar-refractivity contribution in [1.82, 2.24) is 5.43 Å². The van der Waals surface area contributed by atoms with Crippen LogP contribution in [0.5, 0.6) is 0 Å². The van der Waals surface area contributed by atoms with Gasteiger partial charge in [-0.1, -0.05) is 12.8 Å². The zero-order valence-corrected chi connectivity index (χ0v) is 12.4. The van der Waals surface area contributed by atoms with Crippen LogP contribution >= 0.6 is 27.3 Å². The Morgan fingerprint density at radius 3 is 2.71 bits per heavy atom. The monoisotopic (exact) mass is 318 g/mol. The van der Waals surface area contributed by atoms with Crippen LogP contribution in [0.15, 0.2) is 15.2 Å². The van der Waals surface area contributed by atoms with Crippen molar-refractivity contribution >= 4 is 27.3 Å². The number of nitrogens with one attached hydrogen (secondary N) is 1. The second-order valence-electron chi connectivity index (χ2n) is 4.48. The van der Waals surface area contributed by atoms with Gasteiger partial charge in [0.05, 0.1) is 11.6 Å². The predicted molar refractivity (Wildman–Crippen MR) is 74.9 cm³/mol. The minimum Gasteiger partial charge on any atom is -0.373 e. The standard InChI is InChI=1S/C12H19BrN2OS/c1-2-16-12(5-3-4-6-12)11(15-14)9-7-17-8-10(9)13/h7-8,11,15H,2-6,14H2,1H3. The van der Waals surface area contributed by atoms with Crippen molar-refractivity contribution in [3.63, 3.8) is 0 Å². The highest BCUT2D eigenvalue weighted by Crippen LogP contribution is 2.44. The van der Waals surface area contributed by atoms with Gasteiger partial charge < -0.3 is 4.74 Å². The number of ether oxygens (including phenoxy) is 1. The number of hydrogen-bond donors (Lipinski definition) is 2. The fraction of sp³-hybridized carbons (Fsp3) is 0.667. The van der Waals surface area contributed by atoms with Crippen LogP contribution in [0.4, 0.5) is 0 Å². The molecule has 1 aromatic heterocycles. The molecule has 17 heavy (non-hydrogen) atoms. The van der Waals surface area contributed by atoms with Crippen LogP contribution in [0.25, 0.3) is 0 Å². The first kappa shape index (κ1) is 13.5. The molecule has 0 aliphatic heterocycles. The molecule has 0 aromatic carbocycles. The summed E-state index contributed by atoms with van der Waals surface area (Å²) >= 11 is 5.28. The Labute approximate surface area is 115 Å². The van der Waals surface area contributed by atoms with Gasteiger partial charge in [0.15, 0.2) is 0 Å². The molecule has 0 spiro atoms. The summed E-state index contributed by atoms with van der Waals surface area (Å²) in [5.41, 5.74) is 4.05. The van der Waals surface area contributed by atoms with Crippen molar-refractivity contribution < 1.29 is 4.74 Å². The fourth-order valence-electron chi connectivity index (χ4n) is 2.80. The lowest BCUT2D eigenvalue weighted by Crippen LogP contribution is -2.46. The van der Waals surface area contributed by atoms with Gasteiger partial charge in [-0.25, -0.2) is 5.43 Å². The molecular formula is C12H19BrN2OS. The summed E-state index contributed by atoms with van der Waals surface area (Å²) in [5.74, 6) is 5.78. The van der Waals surface area contributed by atoms with Crippen LogP contribution in [0.2, 0.25) is 0 Å². The Morgan fingerprint density at radius 1 is 1.53 bits per heavy atom. The van der Waals surface area contributed by atoms with E-state index in [9.17, 15) is 0 Å². The largest absolute Gasteiger partial charge is 0.373 e. The average molecular weight is 319 g/mol. The first-order valence-corrected chi connectivity index (χ1v) is 7.79. The third-order valence-corrected chi connectivity index (χ3v) is 5.28. The molecule has 1 unspecified atom stereocenters. The molecule has 1 aromatic rings. The number of rotatable bonds is 5. The maximum absolute atomic E-state index is 6.06. The first-order chi connectivity index (χ1) is 8.23. The molecule has 3 N–H and O–H groups in total. The molecule has 0 bridgehead atoms. The van der Waals surface area contributed by atoms with Crippen LogP contribution in [0.3, 0.4) is 0 Å². The van der Waals surface area contributed by atoms with Gasteiger partial charge in [0, 0.05) is 16.5 Å². The van der Waals surface area contributed by atoms with Crippen LogP contribution in [0, 0.1) is 0 Å². The SMILES string of the molecule is CCOC1(C(NN)c2cscc2Br)CCCC1. The average Bonchev–Trinajstić information content (AvgIpc) is 2.92. The van der Waals surface area contributed by atoms with Gasteiger partial charge >= 0.3 is 0 Å². The summed E-state index contributed by atoms with van der Waals surface area (Å²) in [7, 11) is 0. The summed E-state index contributed by atoms with van der Waals surface area (Å²) in [4.78, 5) is 0. The molecule has 96 valence electrons. The van der Waals surface area contributed by atoms with Crippen molar-refractivity contribution in [2.75, 3.05) is 6.61 Å². The van der Waals surface area contributed by atoms with Gasteiger partial charge in [0.25, 0.3) is 0 Å². The number of hydrogen-bond acceptors (Lipinski definition) is 4. The van der Waals surface area contributed by atoms with Gasteiger partial charge in [-0.05, 0) is 46.6 Å². The van der Waals surface area contributed by atoms with E-state index in [4.69, 9.17) is 10.6 Å². The van der Waals surface area contributed by atoms with E-state index in [1.165, 1.54) is 18.4 Å². The van der Waals surface area contributed by atoms with Gasteiger partial charge in [0.2, 0.25) is 0 Å². The third-order valence-electron chi connectivity index (χ3n) is 3.53. The summed E-state index contributed by atoms with van der Waals surface area (Å²) < 4.78 is 7.19. The highest BCUT2D eigenvalue weighted by atomic mass is 79.9. The quantitative estimate of drug-likeness (QED) is 0.646. The highest BCUT2D eigenvalue weighted by Gasteiger charge is 2.43. The Hall–Kier alpha value is 0.0600. The lowest BCUT2D eigenvalue weighted by molar-refractivity contribution is -0.0627. The van der Waals surface area contributed by atoms with E-state index in [1.54, 1.807) is 11.3 Å². The van der Waals surface area contributed by atoms with Crippen LogP contribution < -0.4 is 11.3 Å². The van der Waals surface area contributed by atoms with Crippen LogP contribution in [0.1, 0.15) is 44.2 Å². The summed E-state index contributed by atoms with van der Waals surface area (Å²) in [6, 6.07) is 0.0746. The summed E-state index contributed by atoms with van der Waals surface area (Å²) in [6.07, 6.45) is 4.61. The van der Waals surface area contributed by atoms with Crippen LogP contribution in [-0.4, -0.2) is 12.2 Å². The molecule has 1 atom stereocenters. The lowest BCUT2D eigenvalue weighted by Gasteiger charge is -2.37. The maximum Gasteiger partial charge on any atom is 0.0889 e. The molecule has 2 rings (SSSR count). The zero-order chi connectivity index (χ0) is 12.3. The molecule has 5 heteroatoms.